The zero-order valence-corrected chi connectivity index (χ0v) is 12.2. The molecule has 0 aromatic heterocycles. The van der Waals surface area contributed by atoms with Crippen LogP contribution in [-0.2, 0) is 0 Å². The van der Waals surface area contributed by atoms with Crippen LogP contribution in [0.4, 0.5) is 5.69 Å². The van der Waals surface area contributed by atoms with Gasteiger partial charge in [-0.15, -0.1) is 0 Å². The number of nitrogens with zero attached hydrogens (tertiary/aromatic N) is 1. The van der Waals surface area contributed by atoms with E-state index < -0.39 is 0 Å². The highest BCUT2D eigenvalue weighted by Gasteiger charge is 2.24. The van der Waals surface area contributed by atoms with Crippen LogP contribution in [0.5, 0.6) is 0 Å². The van der Waals surface area contributed by atoms with Gasteiger partial charge in [-0.3, -0.25) is 0 Å². The molecule has 1 saturated heterocycles. The van der Waals surface area contributed by atoms with E-state index in [1.54, 1.807) is 0 Å². The molecule has 0 amide bonds. The zero-order valence-electron chi connectivity index (χ0n) is 11.5. The number of halogens is 1. The second-order valence-corrected chi connectivity index (χ2v) is 6.08. The van der Waals surface area contributed by atoms with E-state index in [1.807, 2.05) is 13.0 Å². The summed E-state index contributed by atoms with van der Waals surface area (Å²) in [6, 6.07) is 6.82. The van der Waals surface area contributed by atoms with E-state index in [-0.39, 0.29) is 6.04 Å². The molecule has 3 unspecified atom stereocenters. The molecule has 2 nitrogen and oxygen atoms in total. The van der Waals surface area contributed by atoms with Gasteiger partial charge in [0.1, 0.15) is 0 Å². The molecule has 0 radical (unpaired) electrons. The zero-order chi connectivity index (χ0) is 13.3. The first-order valence-electron chi connectivity index (χ1n) is 6.80. The molecule has 0 bridgehead atoms. The Morgan fingerprint density at radius 1 is 1.39 bits per heavy atom. The lowest BCUT2D eigenvalue weighted by Gasteiger charge is -2.38. The third-order valence-corrected chi connectivity index (χ3v) is 4.25. The maximum absolute atomic E-state index is 6.41. The second kappa shape index (κ2) is 5.50. The van der Waals surface area contributed by atoms with E-state index in [4.69, 9.17) is 17.3 Å². The van der Waals surface area contributed by atoms with Gasteiger partial charge < -0.3 is 10.6 Å². The van der Waals surface area contributed by atoms with Crippen LogP contribution < -0.4 is 10.6 Å². The van der Waals surface area contributed by atoms with E-state index in [2.05, 4.69) is 30.9 Å². The van der Waals surface area contributed by atoms with Gasteiger partial charge in [-0.25, -0.2) is 0 Å². The summed E-state index contributed by atoms with van der Waals surface area (Å²) >= 11 is 6.41. The number of rotatable bonds is 2. The first-order chi connectivity index (χ1) is 8.49. The van der Waals surface area contributed by atoms with Gasteiger partial charge in [-0.1, -0.05) is 24.6 Å². The number of hydrogen-bond donors (Lipinski definition) is 1. The molecular weight excluding hydrogens is 244 g/mol. The smallest absolute Gasteiger partial charge is 0.0642 e. The van der Waals surface area contributed by atoms with Crippen LogP contribution in [0.2, 0.25) is 5.02 Å². The van der Waals surface area contributed by atoms with Crippen molar-refractivity contribution in [2.24, 2.45) is 11.7 Å². The Labute approximate surface area is 115 Å². The van der Waals surface area contributed by atoms with Gasteiger partial charge in [0.15, 0.2) is 0 Å². The summed E-state index contributed by atoms with van der Waals surface area (Å²) in [5.74, 6) is 0.818. The lowest BCUT2D eigenvalue weighted by Crippen LogP contribution is -2.40. The van der Waals surface area contributed by atoms with Crippen molar-refractivity contribution in [1.82, 2.24) is 0 Å². The topological polar surface area (TPSA) is 29.3 Å². The maximum Gasteiger partial charge on any atom is 0.0642 e. The Hall–Kier alpha value is -0.730. The van der Waals surface area contributed by atoms with Crippen molar-refractivity contribution in [2.75, 3.05) is 11.4 Å². The van der Waals surface area contributed by atoms with Crippen LogP contribution in [-0.4, -0.2) is 12.6 Å². The molecule has 1 aliphatic rings. The minimum atomic E-state index is 0.0374. The third-order valence-electron chi connectivity index (χ3n) is 3.95. The number of nitrogens with two attached hydrogens (primary N) is 1. The first-order valence-corrected chi connectivity index (χ1v) is 7.18. The molecule has 0 aliphatic carbocycles. The molecule has 0 saturated carbocycles. The second-order valence-electron chi connectivity index (χ2n) is 5.67. The van der Waals surface area contributed by atoms with Gasteiger partial charge >= 0.3 is 0 Å². The summed E-state index contributed by atoms with van der Waals surface area (Å²) < 4.78 is 0. The molecule has 1 heterocycles. The highest BCUT2D eigenvalue weighted by Crippen LogP contribution is 2.34. The highest BCUT2D eigenvalue weighted by molar-refractivity contribution is 6.33. The molecule has 1 aliphatic heterocycles. The van der Waals surface area contributed by atoms with Crippen molar-refractivity contribution >= 4 is 17.3 Å². The molecule has 18 heavy (non-hydrogen) atoms. The summed E-state index contributed by atoms with van der Waals surface area (Å²) in [5.41, 5.74) is 8.14. The molecule has 3 heteroatoms. The molecule has 0 spiro atoms. The molecule has 3 atom stereocenters. The van der Waals surface area contributed by atoms with Crippen molar-refractivity contribution in [2.45, 2.75) is 45.7 Å². The molecule has 2 N–H and O–H groups in total. The minimum Gasteiger partial charge on any atom is -0.368 e. The number of benzene rings is 1. The monoisotopic (exact) mass is 266 g/mol. The van der Waals surface area contributed by atoms with E-state index >= 15 is 0 Å². The van der Waals surface area contributed by atoms with Gasteiger partial charge in [0.05, 0.1) is 10.7 Å². The van der Waals surface area contributed by atoms with Crippen LogP contribution in [0, 0.1) is 5.92 Å². The fraction of sp³-hybridized carbons (Fsp3) is 0.600. The molecular formula is C15H23ClN2. The van der Waals surface area contributed by atoms with Gasteiger partial charge in [0.25, 0.3) is 0 Å². The summed E-state index contributed by atoms with van der Waals surface area (Å²) in [4.78, 5) is 2.42. The Morgan fingerprint density at radius 2 is 2.11 bits per heavy atom. The van der Waals surface area contributed by atoms with Crippen LogP contribution in [0.3, 0.4) is 0 Å². The Bertz CT molecular complexity index is 417. The van der Waals surface area contributed by atoms with Crippen LogP contribution in [0.25, 0.3) is 0 Å². The fourth-order valence-corrected chi connectivity index (χ4v) is 3.10. The molecule has 1 aromatic rings. The van der Waals surface area contributed by atoms with Gasteiger partial charge in [0, 0.05) is 18.6 Å². The van der Waals surface area contributed by atoms with Crippen molar-refractivity contribution in [1.29, 1.82) is 0 Å². The van der Waals surface area contributed by atoms with Gasteiger partial charge in [-0.2, -0.15) is 0 Å². The number of hydrogen-bond acceptors (Lipinski definition) is 2. The summed E-state index contributed by atoms with van der Waals surface area (Å²) in [7, 11) is 0. The Morgan fingerprint density at radius 3 is 2.67 bits per heavy atom. The predicted molar refractivity (Wildman–Crippen MR) is 79.3 cm³/mol. The first kappa shape index (κ1) is 13.7. The van der Waals surface area contributed by atoms with Gasteiger partial charge in [-0.05, 0) is 50.3 Å². The Balaban J connectivity index is 2.23. The molecule has 2 rings (SSSR count). The quantitative estimate of drug-likeness (QED) is 0.877. The molecule has 1 fully saturated rings. The van der Waals surface area contributed by atoms with E-state index in [9.17, 15) is 0 Å². The largest absolute Gasteiger partial charge is 0.368 e. The third kappa shape index (κ3) is 2.81. The van der Waals surface area contributed by atoms with Crippen LogP contribution >= 0.6 is 11.6 Å². The normalized spacial score (nSPS) is 26.2. The SMILES string of the molecule is CC1CCN(c2ccc(C(C)N)cc2Cl)C(C)C1. The van der Waals surface area contributed by atoms with E-state index in [0.717, 1.165) is 28.7 Å². The van der Waals surface area contributed by atoms with Crippen molar-refractivity contribution in [3.8, 4) is 0 Å². The van der Waals surface area contributed by atoms with Crippen molar-refractivity contribution in [3.05, 3.63) is 28.8 Å². The Kier molecular flexibility index (Phi) is 4.18. The summed E-state index contributed by atoms with van der Waals surface area (Å²) in [5, 5.41) is 0.825. The molecule has 100 valence electrons. The lowest BCUT2D eigenvalue weighted by atomic mass is 9.93. The highest BCUT2D eigenvalue weighted by atomic mass is 35.5. The van der Waals surface area contributed by atoms with Crippen LogP contribution in [0.15, 0.2) is 18.2 Å². The van der Waals surface area contributed by atoms with E-state index in [0.29, 0.717) is 6.04 Å². The van der Waals surface area contributed by atoms with Crippen molar-refractivity contribution in [3.63, 3.8) is 0 Å². The lowest BCUT2D eigenvalue weighted by molar-refractivity contribution is 0.378. The van der Waals surface area contributed by atoms with Crippen LogP contribution in [0.1, 0.15) is 45.2 Å². The average molecular weight is 267 g/mol. The fourth-order valence-electron chi connectivity index (χ4n) is 2.80. The number of anilines is 1. The van der Waals surface area contributed by atoms with Gasteiger partial charge in [0.2, 0.25) is 0 Å². The average Bonchev–Trinajstić information content (AvgIpc) is 2.30. The summed E-state index contributed by atoms with van der Waals surface area (Å²) in [6.07, 6.45) is 2.49. The van der Waals surface area contributed by atoms with E-state index in [1.165, 1.54) is 12.8 Å². The standard InChI is InChI=1S/C15H23ClN2/c1-10-6-7-18(11(2)8-10)15-5-4-13(12(3)17)9-14(15)16/h4-5,9-12H,6-8,17H2,1-3H3. The number of piperidine rings is 1. The maximum atomic E-state index is 6.41. The van der Waals surface area contributed by atoms with Crippen molar-refractivity contribution < 1.29 is 0 Å². The minimum absolute atomic E-state index is 0.0374. The predicted octanol–water partition coefficient (Wildman–Crippen LogP) is 3.98. The molecule has 1 aromatic carbocycles. The summed E-state index contributed by atoms with van der Waals surface area (Å²) in [6.45, 7) is 7.69.